The number of rotatable bonds is 6. The van der Waals surface area contributed by atoms with Gasteiger partial charge in [-0.05, 0) is 24.3 Å². The number of aromatic nitrogens is 2. The molecule has 170 valence electrons. The third kappa shape index (κ3) is 4.92. The van der Waals surface area contributed by atoms with Gasteiger partial charge in [0.25, 0.3) is 5.56 Å². The van der Waals surface area contributed by atoms with Gasteiger partial charge in [0.15, 0.2) is 12.3 Å². The molecule has 2 N–H and O–H groups in total. The van der Waals surface area contributed by atoms with Gasteiger partial charge in [-0.1, -0.05) is 36.4 Å². The number of hydrogen-bond acceptors (Lipinski definition) is 8. The number of benzene rings is 2. The second-order valence-corrected chi connectivity index (χ2v) is 7.27. The van der Waals surface area contributed by atoms with Crippen molar-refractivity contribution in [2.75, 3.05) is 6.61 Å². The highest BCUT2D eigenvalue weighted by Crippen LogP contribution is 2.31. The van der Waals surface area contributed by atoms with Crippen molar-refractivity contribution in [3.63, 3.8) is 0 Å². The fourth-order valence-electron chi connectivity index (χ4n) is 3.44. The molecule has 10 heteroatoms. The number of hydrogen-bond donors (Lipinski definition) is 2. The molecule has 1 aliphatic rings. The summed E-state index contributed by atoms with van der Waals surface area (Å²) in [7, 11) is 0. The van der Waals surface area contributed by atoms with Gasteiger partial charge >= 0.3 is 17.6 Å². The van der Waals surface area contributed by atoms with Crippen LogP contribution in [0.15, 0.2) is 82.5 Å². The SMILES string of the molecule is O=C(OC[C@H]1O[C@@H](n2ccc(=O)[nH]c2=O)[C@H](O)[C@H]1OC(=O)c1ccccc1)c1ccccc1. The second kappa shape index (κ2) is 9.63. The number of ether oxygens (including phenoxy) is 3. The summed E-state index contributed by atoms with van der Waals surface area (Å²) in [4.78, 5) is 50.6. The van der Waals surface area contributed by atoms with Crippen molar-refractivity contribution >= 4 is 11.9 Å². The topological polar surface area (TPSA) is 137 Å². The zero-order chi connectivity index (χ0) is 23.4. The molecule has 2 aromatic carbocycles. The van der Waals surface area contributed by atoms with E-state index in [2.05, 4.69) is 4.98 Å². The average Bonchev–Trinajstić information content (AvgIpc) is 3.13. The summed E-state index contributed by atoms with van der Waals surface area (Å²) >= 11 is 0. The summed E-state index contributed by atoms with van der Waals surface area (Å²) in [6, 6.07) is 17.5. The first-order valence-corrected chi connectivity index (χ1v) is 10.1. The number of H-pyrrole nitrogens is 1. The standard InChI is InChI=1S/C23H20N2O8/c26-17-11-12-25(23(30)24-17)20-18(27)19(33-22(29)15-9-5-2-6-10-15)16(32-20)13-31-21(28)14-7-3-1-4-8-14/h1-12,16,18-20,27H,13H2,(H,24,26,30)/t16-,18-,19+,20-/m1/s1. The van der Waals surface area contributed by atoms with Crippen LogP contribution >= 0.6 is 0 Å². The second-order valence-electron chi connectivity index (χ2n) is 7.27. The van der Waals surface area contributed by atoms with Gasteiger partial charge < -0.3 is 19.3 Å². The van der Waals surface area contributed by atoms with Crippen molar-refractivity contribution in [3.8, 4) is 0 Å². The number of aliphatic hydroxyl groups is 1. The molecule has 0 radical (unpaired) electrons. The van der Waals surface area contributed by atoms with E-state index in [-0.39, 0.29) is 12.2 Å². The summed E-state index contributed by atoms with van der Waals surface area (Å²) in [5.41, 5.74) is -0.887. The van der Waals surface area contributed by atoms with Crippen LogP contribution in [0.2, 0.25) is 0 Å². The van der Waals surface area contributed by atoms with Crippen LogP contribution < -0.4 is 11.2 Å². The van der Waals surface area contributed by atoms with E-state index in [1.165, 1.54) is 0 Å². The minimum absolute atomic E-state index is 0.245. The lowest BCUT2D eigenvalue weighted by Gasteiger charge is -2.20. The molecule has 0 unspecified atom stereocenters. The van der Waals surface area contributed by atoms with Gasteiger partial charge in [0, 0.05) is 12.3 Å². The van der Waals surface area contributed by atoms with E-state index >= 15 is 0 Å². The number of aromatic amines is 1. The maximum atomic E-state index is 12.6. The first-order valence-electron chi connectivity index (χ1n) is 10.1. The molecule has 4 atom stereocenters. The minimum Gasteiger partial charge on any atom is -0.459 e. The Morgan fingerprint density at radius 1 is 0.939 bits per heavy atom. The van der Waals surface area contributed by atoms with Crippen LogP contribution in [0.5, 0.6) is 0 Å². The van der Waals surface area contributed by atoms with Crippen molar-refractivity contribution < 1.29 is 28.9 Å². The Morgan fingerprint density at radius 3 is 2.15 bits per heavy atom. The maximum Gasteiger partial charge on any atom is 0.338 e. The predicted octanol–water partition coefficient (Wildman–Crippen LogP) is 0.878. The smallest absolute Gasteiger partial charge is 0.338 e. The molecule has 2 heterocycles. The summed E-state index contributed by atoms with van der Waals surface area (Å²) < 4.78 is 17.5. The Kier molecular flexibility index (Phi) is 6.48. The highest BCUT2D eigenvalue weighted by Gasteiger charge is 2.48. The lowest BCUT2D eigenvalue weighted by atomic mass is 10.1. The van der Waals surface area contributed by atoms with Gasteiger partial charge in [0.1, 0.15) is 18.8 Å². The van der Waals surface area contributed by atoms with E-state index in [1.54, 1.807) is 60.7 Å². The zero-order valence-electron chi connectivity index (χ0n) is 17.2. The summed E-state index contributed by atoms with van der Waals surface area (Å²) in [6.45, 7) is -0.355. The molecular weight excluding hydrogens is 432 g/mol. The molecule has 1 aromatic heterocycles. The van der Waals surface area contributed by atoms with Crippen LogP contribution in [0.4, 0.5) is 0 Å². The molecule has 1 saturated heterocycles. The first kappa shape index (κ1) is 22.2. The largest absolute Gasteiger partial charge is 0.459 e. The summed E-state index contributed by atoms with van der Waals surface area (Å²) in [6.07, 6.45) is -3.96. The lowest BCUT2D eigenvalue weighted by Crippen LogP contribution is -2.40. The van der Waals surface area contributed by atoms with Gasteiger partial charge in [-0.3, -0.25) is 14.3 Å². The van der Waals surface area contributed by atoms with E-state index < -0.39 is 47.7 Å². The molecule has 10 nitrogen and oxygen atoms in total. The van der Waals surface area contributed by atoms with Crippen LogP contribution in [0, 0.1) is 0 Å². The first-order chi connectivity index (χ1) is 15.9. The zero-order valence-corrected chi connectivity index (χ0v) is 17.2. The summed E-state index contributed by atoms with van der Waals surface area (Å²) in [5.74, 6) is -1.36. The third-order valence-electron chi connectivity index (χ3n) is 5.08. The van der Waals surface area contributed by atoms with Crippen molar-refractivity contribution in [1.29, 1.82) is 0 Å². The molecule has 0 amide bonds. The Bertz CT molecular complexity index is 1240. The highest BCUT2D eigenvalue weighted by atomic mass is 16.6. The van der Waals surface area contributed by atoms with Gasteiger partial charge in [-0.15, -0.1) is 0 Å². The van der Waals surface area contributed by atoms with Crippen molar-refractivity contribution in [2.45, 2.75) is 24.5 Å². The van der Waals surface area contributed by atoms with E-state index in [1.807, 2.05) is 0 Å². The fraction of sp³-hybridized carbons (Fsp3) is 0.217. The number of aliphatic hydroxyl groups excluding tert-OH is 1. The number of carbonyl (C=O) groups is 2. The van der Waals surface area contributed by atoms with Crippen LogP contribution in [0.3, 0.4) is 0 Å². The van der Waals surface area contributed by atoms with Crippen LogP contribution in [-0.2, 0) is 14.2 Å². The van der Waals surface area contributed by atoms with Gasteiger partial charge in [0.2, 0.25) is 0 Å². The van der Waals surface area contributed by atoms with E-state index in [0.717, 1.165) is 16.8 Å². The molecule has 33 heavy (non-hydrogen) atoms. The lowest BCUT2D eigenvalue weighted by molar-refractivity contribution is -0.0614. The minimum atomic E-state index is -1.48. The molecule has 1 aliphatic heterocycles. The molecular formula is C23H20N2O8. The Hall–Kier alpha value is -4.02. The van der Waals surface area contributed by atoms with E-state index in [4.69, 9.17) is 14.2 Å². The maximum absolute atomic E-state index is 12.6. The van der Waals surface area contributed by atoms with Gasteiger partial charge in [-0.25, -0.2) is 14.4 Å². The molecule has 4 rings (SSSR count). The van der Waals surface area contributed by atoms with Crippen LogP contribution in [0.25, 0.3) is 0 Å². The monoisotopic (exact) mass is 452 g/mol. The van der Waals surface area contributed by atoms with Crippen molar-refractivity contribution in [2.24, 2.45) is 0 Å². The number of nitrogens with one attached hydrogen (secondary N) is 1. The Labute approximate surface area is 187 Å². The van der Waals surface area contributed by atoms with E-state index in [0.29, 0.717) is 5.56 Å². The van der Waals surface area contributed by atoms with Crippen LogP contribution in [0.1, 0.15) is 26.9 Å². The number of esters is 2. The van der Waals surface area contributed by atoms with Gasteiger partial charge in [0.05, 0.1) is 11.1 Å². The van der Waals surface area contributed by atoms with Crippen molar-refractivity contribution in [3.05, 3.63) is 105 Å². The molecule has 0 spiro atoms. The van der Waals surface area contributed by atoms with Gasteiger partial charge in [-0.2, -0.15) is 0 Å². The highest BCUT2D eigenvalue weighted by molar-refractivity contribution is 5.90. The Balaban J connectivity index is 1.56. The molecule has 3 aromatic rings. The van der Waals surface area contributed by atoms with Crippen molar-refractivity contribution in [1.82, 2.24) is 9.55 Å². The van der Waals surface area contributed by atoms with E-state index in [9.17, 15) is 24.3 Å². The summed E-state index contributed by atoms with van der Waals surface area (Å²) in [5, 5.41) is 10.8. The number of carbonyl (C=O) groups excluding carboxylic acids is 2. The van der Waals surface area contributed by atoms with Crippen LogP contribution in [-0.4, -0.2) is 51.5 Å². The molecule has 0 bridgehead atoms. The fourth-order valence-corrected chi connectivity index (χ4v) is 3.44. The molecule has 1 fully saturated rings. The Morgan fingerprint density at radius 2 is 1.55 bits per heavy atom. The predicted molar refractivity (Wildman–Crippen MR) is 114 cm³/mol. The number of nitrogens with zero attached hydrogens (tertiary/aromatic N) is 1. The normalized spacial score (nSPS) is 22.0. The average molecular weight is 452 g/mol. The molecule has 0 aliphatic carbocycles. The molecule has 0 saturated carbocycles. The third-order valence-corrected chi connectivity index (χ3v) is 5.08. The quantitative estimate of drug-likeness (QED) is 0.526.